The standard InChI is InChI=1S/C23H25FN2O3S/c1-3-14-25(17-19-6-4-18(2)5-7-19)23(27)20-12-15-26(16-13-20)30(28,29)22-10-8-21(24)9-11-22/h1,4-11,20H,12-17H2,2H3. The van der Waals surface area contributed by atoms with E-state index in [4.69, 9.17) is 6.42 Å². The molecule has 0 radical (unpaired) electrons. The summed E-state index contributed by atoms with van der Waals surface area (Å²) < 4.78 is 40.0. The molecule has 1 amide bonds. The summed E-state index contributed by atoms with van der Waals surface area (Å²) in [6, 6.07) is 12.7. The molecule has 1 aliphatic rings. The van der Waals surface area contributed by atoms with E-state index < -0.39 is 15.8 Å². The largest absolute Gasteiger partial charge is 0.327 e. The zero-order chi connectivity index (χ0) is 21.7. The smallest absolute Gasteiger partial charge is 0.243 e. The Morgan fingerprint density at radius 2 is 1.73 bits per heavy atom. The quantitative estimate of drug-likeness (QED) is 0.664. The van der Waals surface area contributed by atoms with Crippen molar-refractivity contribution in [2.24, 2.45) is 5.92 Å². The number of halogens is 1. The molecule has 5 nitrogen and oxygen atoms in total. The minimum Gasteiger partial charge on any atom is -0.327 e. The van der Waals surface area contributed by atoms with Crippen LogP contribution < -0.4 is 0 Å². The third kappa shape index (κ3) is 5.07. The van der Waals surface area contributed by atoms with Crippen LogP contribution in [0.5, 0.6) is 0 Å². The second-order valence-electron chi connectivity index (χ2n) is 7.52. The van der Waals surface area contributed by atoms with E-state index in [1.54, 1.807) is 4.90 Å². The van der Waals surface area contributed by atoms with Crippen molar-refractivity contribution in [3.05, 3.63) is 65.5 Å². The van der Waals surface area contributed by atoms with Gasteiger partial charge in [-0.25, -0.2) is 12.8 Å². The van der Waals surface area contributed by atoms with E-state index in [0.29, 0.717) is 19.4 Å². The van der Waals surface area contributed by atoms with Gasteiger partial charge >= 0.3 is 0 Å². The summed E-state index contributed by atoms with van der Waals surface area (Å²) in [6.07, 6.45) is 6.32. The SMILES string of the molecule is C#CCN(Cc1ccc(C)cc1)C(=O)C1CCN(S(=O)(=O)c2ccc(F)cc2)CC1. The third-order valence-electron chi connectivity index (χ3n) is 5.34. The van der Waals surface area contributed by atoms with Gasteiger partial charge in [0, 0.05) is 25.6 Å². The van der Waals surface area contributed by atoms with E-state index in [1.807, 2.05) is 31.2 Å². The summed E-state index contributed by atoms with van der Waals surface area (Å²) in [5, 5.41) is 0. The number of carbonyl (C=O) groups is 1. The van der Waals surface area contributed by atoms with Crippen molar-refractivity contribution in [1.82, 2.24) is 9.21 Å². The fourth-order valence-electron chi connectivity index (χ4n) is 3.59. The number of rotatable bonds is 6. The third-order valence-corrected chi connectivity index (χ3v) is 7.26. The van der Waals surface area contributed by atoms with Crippen molar-refractivity contribution in [1.29, 1.82) is 0 Å². The molecular formula is C23H25FN2O3S. The van der Waals surface area contributed by atoms with Gasteiger partial charge in [0.15, 0.2) is 0 Å². The van der Waals surface area contributed by atoms with Crippen LogP contribution in [-0.2, 0) is 21.4 Å². The molecule has 7 heteroatoms. The van der Waals surface area contributed by atoms with Gasteiger partial charge in [0.2, 0.25) is 15.9 Å². The van der Waals surface area contributed by atoms with E-state index in [1.165, 1.54) is 16.4 Å². The van der Waals surface area contributed by atoms with Crippen molar-refractivity contribution in [2.45, 2.75) is 31.2 Å². The number of hydrogen-bond donors (Lipinski definition) is 0. The lowest BCUT2D eigenvalue weighted by Gasteiger charge is -2.33. The Morgan fingerprint density at radius 3 is 2.30 bits per heavy atom. The molecule has 3 rings (SSSR count). The van der Waals surface area contributed by atoms with E-state index >= 15 is 0 Å². The number of hydrogen-bond acceptors (Lipinski definition) is 3. The minimum absolute atomic E-state index is 0.0487. The van der Waals surface area contributed by atoms with Gasteiger partial charge in [-0.05, 0) is 49.6 Å². The first kappa shape index (κ1) is 22.0. The van der Waals surface area contributed by atoms with E-state index in [0.717, 1.165) is 23.3 Å². The maximum atomic E-state index is 13.1. The molecule has 0 saturated carbocycles. The molecule has 2 aromatic rings. The molecule has 0 aliphatic carbocycles. The normalized spacial score (nSPS) is 15.5. The van der Waals surface area contributed by atoms with Gasteiger partial charge in [-0.2, -0.15) is 4.31 Å². The topological polar surface area (TPSA) is 57.7 Å². The minimum atomic E-state index is -3.70. The predicted octanol–water partition coefficient (Wildman–Crippen LogP) is 3.20. The Morgan fingerprint density at radius 1 is 1.13 bits per heavy atom. The van der Waals surface area contributed by atoms with Crippen molar-refractivity contribution < 1.29 is 17.6 Å². The van der Waals surface area contributed by atoms with E-state index in [2.05, 4.69) is 5.92 Å². The fraction of sp³-hybridized carbons (Fsp3) is 0.348. The molecule has 1 saturated heterocycles. The molecule has 0 atom stereocenters. The van der Waals surface area contributed by atoms with Crippen molar-refractivity contribution in [2.75, 3.05) is 19.6 Å². The highest BCUT2D eigenvalue weighted by atomic mass is 32.2. The molecule has 1 aliphatic heterocycles. The van der Waals surface area contributed by atoms with Gasteiger partial charge in [0.05, 0.1) is 11.4 Å². The molecular weight excluding hydrogens is 403 g/mol. The van der Waals surface area contributed by atoms with Crippen LogP contribution in [0.1, 0.15) is 24.0 Å². The van der Waals surface area contributed by atoms with Crippen LogP contribution in [0, 0.1) is 31.0 Å². The average molecular weight is 429 g/mol. The van der Waals surface area contributed by atoms with Gasteiger partial charge < -0.3 is 4.90 Å². The lowest BCUT2D eigenvalue weighted by atomic mass is 9.96. The number of terminal acetylenes is 1. The molecule has 0 bridgehead atoms. The lowest BCUT2D eigenvalue weighted by molar-refractivity contribution is -0.136. The van der Waals surface area contributed by atoms with Gasteiger partial charge in [-0.3, -0.25) is 4.79 Å². The first-order valence-corrected chi connectivity index (χ1v) is 11.3. The Kier molecular flexibility index (Phi) is 6.91. The molecule has 2 aromatic carbocycles. The van der Waals surface area contributed by atoms with Crippen molar-refractivity contribution >= 4 is 15.9 Å². The molecule has 158 valence electrons. The monoisotopic (exact) mass is 428 g/mol. The highest BCUT2D eigenvalue weighted by Gasteiger charge is 2.33. The second-order valence-corrected chi connectivity index (χ2v) is 9.45. The van der Waals surface area contributed by atoms with Gasteiger partial charge in [0.25, 0.3) is 0 Å². The average Bonchev–Trinajstić information content (AvgIpc) is 2.75. The molecule has 30 heavy (non-hydrogen) atoms. The summed E-state index contributed by atoms with van der Waals surface area (Å²) >= 11 is 0. The Labute approximate surface area is 177 Å². The van der Waals surface area contributed by atoms with Crippen LogP contribution >= 0.6 is 0 Å². The predicted molar refractivity (Wildman–Crippen MR) is 113 cm³/mol. The summed E-state index contributed by atoms with van der Waals surface area (Å²) in [5.41, 5.74) is 2.14. The van der Waals surface area contributed by atoms with Crippen LogP contribution in [0.4, 0.5) is 4.39 Å². The highest BCUT2D eigenvalue weighted by Crippen LogP contribution is 2.26. The first-order chi connectivity index (χ1) is 14.3. The zero-order valence-corrected chi connectivity index (χ0v) is 17.7. The second kappa shape index (κ2) is 9.41. The van der Waals surface area contributed by atoms with Gasteiger partial charge in [-0.1, -0.05) is 35.7 Å². The first-order valence-electron chi connectivity index (χ1n) is 9.85. The zero-order valence-electron chi connectivity index (χ0n) is 16.9. The number of benzene rings is 2. The number of nitrogens with zero attached hydrogens (tertiary/aromatic N) is 2. The summed E-state index contributed by atoms with van der Waals surface area (Å²) in [6.45, 7) is 3.12. The van der Waals surface area contributed by atoms with E-state index in [-0.39, 0.29) is 36.4 Å². The number of amides is 1. The molecule has 1 fully saturated rings. The maximum absolute atomic E-state index is 13.1. The number of piperidine rings is 1. The van der Waals surface area contributed by atoms with E-state index in [9.17, 15) is 17.6 Å². The molecule has 0 aromatic heterocycles. The van der Waals surface area contributed by atoms with Crippen LogP contribution in [0.2, 0.25) is 0 Å². The Hall–Kier alpha value is -2.69. The Bertz CT molecular complexity index is 1020. The molecule has 0 spiro atoms. The molecule has 1 heterocycles. The van der Waals surface area contributed by atoms with Crippen LogP contribution in [0.15, 0.2) is 53.4 Å². The molecule has 0 N–H and O–H groups in total. The summed E-state index contributed by atoms with van der Waals surface area (Å²) in [5.74, 6) is 1.74. The number of aryl methyl sites for hydroxylation is 1. The maximum Gasteiger partial charge on any atom is 0.243 e. The highest BCUT2D eigenvalue weighted by molar-refractivity contribution is 7.89. The number of sulfonamides is 1. The molecule has 0 unspecified atom stereocenters. The van der Waals surface area contributed by atoms with Crippen molar-refractivity contribution in [3.63, 3.8) is 0 Å². The number of carbonyl (C=O) groups excluding carboxylic acids is 1. The van der Waals surface area contributed by atoms with Crippen LogP contribution in [0.25, 0.3) is 0 Å². The fourth-order valence-corrected chi connectivity index (χ4v) is 5.06. The van der Waals surface area contributed by atoms with Crippen molar-refractivity contribution in [3.8, 4) is 12.3 Å². The van der Waals surface area contributed by atoms with Gasteiger partial charge in [0.1, 0.15) is 5.82 Å². The summed E-state index contributed by atoms with van der Waals surface area (Å²) in [4.78, 5) is 14.8. The lowest BCUT2D eigenvalue weighted by Crippen LogP contribution is -2.44. The van der Waals surface area contributed by atoms with Gasteiger partial charge in [-0.15, -0.1) is 6.42 Å². The summed E-state index contributed by atoms with van der Waals surface area (Å²) in [7, 11) is -3.70. The van der Waals surface area contributed by atoms with Crippen LogP contribution in [0.3, 0.4) is 0 Å². The Balaban J connectivity index is 1.65. The van der Waals surface area contributed by atoms with Crippen LogP contribution in [-0.4, -0.2) is 43.2 Å².